The van der Waals surface area contributed by atoms with Crippen LogP contribution in [0.5, 0.6) is 5.75 Å². The second kappa shape index (κ2) is 7.56. The second-order valence-corrected chi connectivity index (χ2v) is 4.65. The molecule has 0 bridgehead atoms. The van der Waals surface area contributed by atoms with E-state index in [1.807, 2.05) is 12.1 Å². The van der Waals surface area contributed by atoms with Crippen LogP contribution in [-0.2, 0) is 6.42 Å². The summed E-state index contributed by atoms with van der Waals surface area (Å²) in [7, 11) is 0. The molecule has 90 valence electrons. The molecule has 0 spiro atoms. The molecule has 1 unspecified atom stereocenters. The van der Waals surface area contributed by atoms with Gasteiger partial charge in [0, 0.05) is 5.38 Å². The normalized spacial score (nSPS) is 12.4. The fourth-order valence-electron chi connectivity index (χ4n) is 1.50. The Morgan fingerprint density at radius 3 is 2.44 bits per heavy atom. The molecule has 16 heavy (non-hydrogen) atoms. The number of halogens is 1. The molecule has 0 saturated heterocycles. The molecule has 1 aromatic carbocycles. The van der Waals surface area contributed by atoms with E-state index in [2.05, 4.69) is 26.0 Å². The molecular weight excluding hydrogens is 220 g/mol. The van der Waals surface area contributed by atoms with E-state index >= 15 is 0 Å². The minimum Gasteiger partial charge on any atom is -0.494 e. The molecule has 0 N–H and O–H groups in total. The second-order valence-electron chi connectivity index (χ2n) is 4.04. The Hall–Kier alpha value is -0.690. The van der Waals surface area contributed by atoms with Crippen molar-refractivity contribution in [3.05, 3.63) is 29.8 Å². The minimum absolute atomic E-state index is 0.302. The summed E-state index contributed by atoms with van der Waals surface area (Å²) in [6.45, 7) is 5.03. The Labute approximate surface area is 104 Å². The first-order valence-corrected chi connectivity index (χ1v) is 6.55. The van der Waals surface area contributed by atoms with Crippen molar-refractivity contribution in [3.8, 4) is 5.75 Å². The molecule has 0 saturated carbocycles. The van der Waals surface area contributed by atoms with Crippen molar-refractivity contribution in [2.24, 2.45) is 0 Å². The molecule has 2 heteroatoms. The average Bonchev–Trinajstić information content (AvgIpc) is 2.34. The maximum Gasteiger partial charge on any atom is 0.119 e. The molecule has 1 aromatic rings. The predicted molar refractivity (Wildman–Crippen MR) is 70.5 cm³/mol. The fourth-order valence-corrected chi connectivity index (χ4v) is 1.61. The van der Waals surface area contributed by atoms with Crippen LogP contribution < -0.4 is 4.74 Å². The standard InChI is InChI=1S/C14H21ClO/c1-3-11-16-14-9-6-12(7-10-14)5-8-13(15)4-2/h6-7,9-10,13H,3-5,8,11H2,1-2H3. The topological polar surface area (TPSA) is 9.23 Å². The molecule has 0 aliphatic carbocycles. The lowest BCUT2D eigenvalue weighted by Crippen LogP contribution is -1.99. The highest BCUT2D eigenvalue weighted by Crippen LogP contribution is 2.16. The van der Waals surface area contributed by atoms with E-state index in [9.17, 15) is 0 Å². The highest BCUT2D eigenvalue weighted by atomic mass is 35.5. The predicted octanol–water partition coefficient (Wildman–Crippen LogP) is 4.43. The molecule has 0 aromatic heterocycles. The van der Waals surface area contributed by atoms with Gasteiger partial charge in [0.1, 0.15) is 5.75 Å². The van der Waals surface area contributed by atoms with E-state index in [0.29, 0.717) is 5.38 Å². The van der Waals surface area contributed by atoms with Crippen LogP contribution in [0.1, 0.15) is 38.7 Å². The van der Waals surface area contributed by atoms with E-state index in [0.717, 1.165) is 38.0 Å². The van der Waals surface area contributed by atoms with Gasteiger partial charge in [-0.05, 0) is 43.4 Å². The van der Waals surface area contributed by atoms with Crippen molar-refractivity contribution >= 4 is 11.6 Å². The summed E-state index contributed by atoms with van der Waals surface area (Å²) < 4.78 is 5.53. The van der Waals surface area contributed by atoms with Gasteiger partial charge in [-0.2, -0.15) is 0 Å². The van der Waals surface area contributed by atoms with Crippen LogP contribution in [0.15, 0.2) is 24.3 Å². The van der Waals surface area contributed by atoms with Crippen LogP contribution >= 0.6 is 11.6 Å². The molecular formula is C14H21ClO. The smallest absolute Gasteiger partial charge is 0.119 e. The molecule has 0 aliphatic heterocycles. The Morgan fingerprint density at radius 2 is 1.88 bits per heavy atom. The van der Waals surface area contributed by atoms with Crippen molar-refractivity contribution in [1.82, 2.24) is 0 Å². The molecule has 0 radical (unpaired) electrons. The maximum atomic E-state index is 6.09. The summed E-state index contributed by atoms with van der Waals surface area (Å²) in [6.07, 6.45) is 4.19. The van der Waals surface area contributed by atoms with Crippen LogP contribution in [0.3, 0.4) is 0 Å². The van der Waals surface area contributed by atoms with E-state index in [4.69, 9.17) is 16.3 Å². The van der Waals surface area contributed by atoms with E-state index < -0.39 is 0 Å². The van der Waals surface area contributed by atoms with E-state index in [1.54, 1.807) is 0 Å². The molecule has 0 fully saturated rings. The summed E-state index contributed by atoms with van der Waals surface area (Å²) in [5.74, 6) is 0.962. The van der Waals surface area contributed by atoms with Crippen LogP contribution in [-0.4, -0.2) is 12.0 Å². The largest absolute Gasteiger partial charge is 0.494 e. The lowest BCUT2D eigenvalue weighted by Gasteiger charge is -2.08. The van der Waals surface area contributed by atoms with E-state index in [-0.39, 0.29) is 0 Å². The first kappa shape index (κ1) is 13.4. The first-order valence-electron chi connectivity index (χ1n) is 6.12. The summed E-state index contributed by atoms with van der Waals surface area (Å²) in [4.78, 5) is 0. The van der Waals surface area contributed by atoms with Crippen LogP contribution in [0.4, 0.5) is 0 Å². The Bertz CT molecular complexity index is 281. The Kier molecular flexibility index (Phi) is 6.32. The number of ether oxygens (including phenoxy) is 1. The lowest BCUT2D eigenvalue weighted by molar-refractivity contribution is 0.317. The molecule has 0 heterocycles. The summed E-state index contributed by atoms with van der Waals surface area (Å²) in [6, 6.07) is 8.34. The number of aryl methyl sites for hydroxylation is 1. The quantitative estimate of drug-likeness (QED) is 0.641. The van der Waals surface area contributed by atoms with E-state index in [1.165, 1.54) is 5.56 Å². The summed E-state index contributed by atoms with van der Waals surface area (Å²) in [5, 5.41) is 0.302. The van der Waals surface area contributed by atoms with Gasteiger partial charge in [-0.1, -0.05) is 26.0 Å². The summed E-state index contributed by atoms with van der Waals surface area (Å²) >= 11 is 6.09. The van der Waals surface area contributed by atoms with Gasteiger partial charge in [0.05, 0.1) is 6.61 Å². The van der Waals surface area contributed by atoms with Crippen LogP contribution in [0, 0.1) is 0 Å². The zero-order valence-corrected chi connectivity index (χ0v) is 11.0. The first-order chi connectivity index (χ1) is 7.76. The fraction of sp³-hybridized carbons (Fsp3) is 0.571. The zero-order chi connectivity index (χ0) is 11.8. The number of hydrogen-bond acceptors (Lipinski definition) is 1. The molecule has 1 atom stereocenters. The lowest BCUT2D eigenvalue weighted by atomic mass is 10.1. The highest BCUT2D eigenvalue weighted by Gasteiger charge is 2.02. The Morgan fingerprint density at radius 1 is 1.19 bits per heavy atom. The van der Waals surface area contributed by atoms with Gasteiger partial charge in [-0.25, -0.2) is 0 Å². The van der Waals surface area contributed by atoms with Crippen molar-refractivity contribution in [2.75, 3.05) is 6.61 Å². The van der Waals surface area contributed by atoms with Crippen molar-refractivity contribution in [2.45, 2.75) is 44.9 Å². The summed E-state index contributed by atoms with van der Waals surface area (Å²) in [5.41, 5.74) is 1.34. The van der Waals surface area contributed by atoms with Gasteiger partial charge in [0.25, 0.3) is 0 Å². The number of alkyl halides is 1. The molecule has 1 nitrogen and oxygen atoms in total. The van der Waals surface area contributed by atoms with Crippen molar-refractivity contribution in [1.29, 1.82) is 0 Å². The van der Waals surface area contributed by atoms with Gasteiger partial charge in [-0.15, -0.1) is 11.6 Å². The van der Waals surface area contributed by atoms with Gasteiger partial charge >= 0.3 is 0 Å². The minimum atomic E-state index is 0.302. The monoisotopic (exact) mass is 240 g/mol. The van der Waals surface area contributed by atoms with Crippen molar-refractivity contribution in [3.63, 3.8) is 0 Å². The SMILES string of the molecule is CCCOc1ccc(CCC(Cl)CC)cc1. The van der Waals surface area contributed by atoms with Crippen LogP contribution in [0.25, 0.3) is 0 Å². The Balaban J connectivity index is 2.38. The molecule has 0 amide bonds. The van der Waals surface area contributed by atoms with Crippen LogP contribution in [0.2, 0.25) is 0 Å². The third kappa shape index (κ3) is 4.89. The molecule has 1 rings (SSSR count). The number of rotatable bonds is 7. The van der Waals surface area contributed by atoms with Gasteiger partial charge < -0.3 is 4.74 Å². The van der Waals surface area contributed by atoms with Crippen molar-refractivity contribution < 1.29 is 4.74 Å². The van der Waals surface area contributed by atoms with Gasteiger partial charge in [0.15, 0.2) is 0 Å². The third-order valence-electron chi connectivity index (χ3n) is 2.59. The van der Waals surface area contributed by atoms with Gasteiger partial charge in [-0.3, -0.25) is 0 Å². The van der Waals surface area contributed by atoms with Gasteiger partial charge in [0.2, 0.25) is 0 Å². The maximum absolute atomic E-state index is 6.09. The number of benzene rings is 1. The zero-order valence-electron chi connectivity index (χ0n) is 10.2. The highest BCUT2D eigenvalue weighted by molar-refractivity contribution is 6.20. The third-order valence-corrected chi connectivity index (χ3v) is 3.11. The molecule has 0 aliphatic rings. The number of hydrogen-bond donors (Lipinski definition) is 0. The average molecular weight is 241 g/mol.